The smallest absolute Gasteiger partial charge is 0.332 e. The van der Waals surface area contributed by atoms with E-state index in [0.29, 0.717) is 18.7 Å². The summed E-state index contributed by atoms with van der Waals surface area (Å²) < 4.78 is 52.5. The monoisotopic (exact) mass is 406 g/mol. The van der Waals surface area contributed by atoms with Gasteiger partial charge in [0.1, 0.15) is 12.4 Å². The van der Waals surface area contributed by atoms with Crippen molar-refractivity contribution in [3.8, 4) is 0 Å². The highest BCUT2D eigenvalue weighted by Crippen LogP contribution is 2.38. The Morgan fingerprint density at radius 1 is 1.07 bits per heavy atom. The summed E-state index contributed by atoms with van der Waals surface area (Å²) >= 11 is 0. The van der Waals surface area contributed by atoms with E-state index in [2.05, 4.69) is 0 Å². The molecule has 1 saturated heterocycles. The maximum Gasteiger partial charge on any atom is 0.419 e. The average molecular weight is 406 g/mol. The lowest BCUT2D eigenvalue weighted by atomic mass is 9.85. The van der Waals surface area contributed by atoms with E-state index in [9.17, 15) is 27.2 Å². The summed E-state index contributed by atoms with van der Waals surface area (Å²) in [5.74, 6) is -2.26. The lowest BCUT2D eigenvalue weighted by molar-refractivity contribution is -0.141. The molecule has 2 heterocycles. The highest BCUT2D eigenvalue weighted by Gasteiger charge is 2.41. The van der Waals surface area contributed by atoms with E-state index < -0.39 is 23.5 Å². The molecule has 0 saturated carbocycles. The van der Waals surface area contributed by atoms with E-state index in [1.165, 1.54) is 4.90 Å². The van der Waals surface area contributed by atoms with Crippen LogP contribution in [0.3, 0.4) is 0 Å². The first-order valence-electron chi connectivity index (χ1n) is 9.21. The van der Waals surface area contributed by atoms with E-state index in [1.807, 2.05) is 31.2 Å². The number of alkyl halides is 3. The summed E-state index contributed by atoms with van der Waals surface area (Å²) in [6.45, 7) is 2.50. The molecule has 152 valence electrons. The van der Waals surface area contributed by atoms with E-state index in [1.54, 1.807) is 4.90 Å². The number of nitrogens with zero attached hydrogens (tertiary/aromatic N) is 2. The molecule has 29 heavy (non-hydrogen) atoms. The molecule has 2 atom stereocenters. The van der Waals surface area contributed by atoms with Crippen molar-refractivity contribution in [1.29, 1.82) is 0 Å². The maximum atomic E-state index is 13.6. The second kappa shape index (κ2) is 6.86. The molecule has 0 bridgehead atoms. The number of benzene rings is 2. The Kier molecular flexibility index (Phi) is 4.59. The molecule has 2 aromatic carbocycles. The topological polar surface area (TPSA) is 40.6 Å². The third-order valence-corrected chi connectivity index (χ3v) is 5.58. The molecule has 1 fully saturated rings. The van der Waals surface area contributed by atoms with Crippen LogP contribution in [0.5, 0.6) is 0 Å². The standard InChI is InChI=1S/C21H18F4N2O2/c1-12-9-27-18(15-5-3-2-4-14(12)15)10-26(11-19(27)28)20(29)13-6-7-17(22)16(8-13)21(23,24)25/h2-8,12,18H,9-11H2,1H3/t12-,18+/m0/s1. The predicted molar refractivity (Wildman–Crippen MR) is 96.6 cm³/mol. The van der Waals surface area contributed by atoms with Gasteiger partial charge in [-0.2, -0.15) is 13.2 Å². The first-order chi connectivity index (χ1) is 13.7. The maximum absolute atomic E-state index is 13.6. The van der Waals surface area contributed by atoms with Crippen LogP contribution in [0, 0.1) is 5.82 Å². The third-order valence-electron chi connectivity index (χ3n) is 5.58. The summed E-state index contributed by atoms with van der Waals surface area (Å²) in [4.78, 5) is 28.5. The summed E-state index contributed by atoms with van der Waals surface area (Å²) in [6, 6.07) is 9.46. The summed E-state index contributed by atoms with van der Waals surface area (Å²) in [5.41, 5.74) is 0.242. The molecule has 2 aliphatic heterocycles. The minimum absolute atomic E-state index is 0.153. The molecule has 0 spiro atoms. The number of carbonyl (C=O) groups is 2. The Morgan fingerprint density at radius 2 is 1.76 bits per heavy atom. The van der Waals surface area contributed by atoms with Crippen LogP contribution in [0.15, 0.2) is 42.5 Å². The highest BCUT2D eigenvalue weighted by atomic mass is 19.4. The van der Waals surface area contributed by atoms with Crippen molar-refractivity contribution in [3.05, 3.63) is 70.5 Å². The van der Waals surface area contributed by atoms with Gasteiger partial charge < -0.3 is 9.80 Å². The zero-order chi connectivity index (χ0) is 20.9. The van der Waals surface area contributed by atoms with Gasteiger partial charge in [0.05, 0.1) is 11.6 Å². The Balaban J connectivity index is 1.66. The van der Waals surface area contributed by atoms with Crippen LogP contribution < -0.4 is 0 Å². The molecule has 0 N–H and O–H groups in total. The molecular weight excluding hydrogens is 388 g/mol. The van der Waals surface area contributed by atoms with Gasteiger partial charge in [-0.1, -0.05) is 31.2 Å². The number of halogens is 4. The summed E-state index contributed by atoms with van der Waals surface area (Å²) in [7, 11) is 0. The van der Waals surface area contributed by atoms with Crippen molar-refractivity contribution in [3.63, 3.8) is 0 Å². The first-order valence-corrected chi connectivity index (χ1v) is 9.21. The number of rotatable bonds is 1. The zero-order valence-electron chi connectivity index (χ0n) is 15.5. The second-order valence-corrected chi connectivity index (χ2v) is 7.47. The number of carbonyl (C=O) groups excluding carboxylic acids is 2. The van der Waals surface area contributed by atoms with Gasteiger partial charge in [0.25, 0.3) is 5.91 Å². The number of amides is 2. The second-order valence-electron chi connectivity index (χ2n) is 7.47. The highest BCUT2D eigenvalue weighted by molar-refractivity contribution is 5.97. The van der Waals surface area contributed by atoms with Gasteiger partial charge >= 0.3 is 6.18 Å². The van der Waals surface area contributed by atoms with Crippen LogP contribution in [-0.2, 0) is 11.0 Å². The number of piperazine rings is 1. The van der Waals surface area contributed by atoms with Crippen molar-refractivity contribution in [1.82, 2.24) is 9.80 Å². The molecule has 4 nitrogen and oxygen atoms in total. The lowest BCUT2D eigenvalue weighted by Crippen LogP contribution is -2.56. The van der Waals surface area contributed by atoms with E-state index in [-0.39, 0.29) is 36.5 Å². The molecule has 8 heteroatoms. The van der Waals surface area contributed by atoms with Gasteiger partial charge in [-0.3, -0.25) is 9.59 Å². The molecule has 0 aliphatic carbocycles. The Hall–Kier alpha value is -2.90. The fourth-order valence-electron chi connectivity index (χ4n) is 4.16. The van der Waals surface area contributed by atoms with Crippen molar-refractivity contribution < 1.29 is 27.2 Å². The van der Waals surface area contributed by atoms with Gasteiger partial charge in [-0.05, 0) is 35.2 Å². The normalized spacial score (nSPS) is 21.6. The van der Waals surface area contributed by atoms with Gasteiger partial charge in [-0.25, -0.2) is 4.39 Å². The molecule has 0 unspecified atom stereocenters. The molecule has 2 aromatic rings. The fraction of sp³-hybridized carbons (Fsp3) is 0.333. The van der Waals surface area contributed by atoms with Crippen molar-refractivity contribution in [2.45, 2.75) is 25.1 Å². The van der Waals surface area contributed by atoms with Crippen molar-refractivity contribution in [2.75, 3.05) is 19.6 Å². The Labute approximate surface area is 164 Å². The average Bonchev–Trinajstić information content (AvgIpc) is 2.68. The zero-order valence-corrected chi connectivity index (χ0v) is 15.5. The fourth-order valence-corrected chi connectivity index (χ4v) is 4.16. The third kappa shape index (κ3) is 3.36. The van der Waals surface area contributed by atoms with Crippen LogP contribution in [-0.4, -0.2) is 41.2 Å². The minimum atomic E-state index is -4.91. The number of fused-ring (bicyclic) bond motifs is 3. The van der Waals surface area contributed by atoms with E-state index >= 15 is 0 Å². The molecular formula is C21H18F4N2O2. The predicted octanol–water partition coefficient (Wildman–Crippen LogP) is 3.99. The Morgan fingerprint density at radius 3 is 2.45 bits per heavy atom. The van der Waals surface area contributed by atoms with Crippen LogP contribution in [0.2, 0.25) is 0 Å². The van der Waals surface area contributed by atoms with Gasteiger partial charge in [0.2, 0.25) is 5.91 Å². The van der Waals surface area contributed by atoms with E-state index in [4.69, 9.17) is 0 Å². The summed E-state index contributed by atoms with van der Waals surface area (Å²) in [6.07, 6.45) is -4.91. The SMILES string of the molecule is C[C@H]1CN2C(=O)CN(C(=O)c3ccc(F)c(C(F)(F)F)c3)C[C@@H]2c2ccccc21. The van der Waals surface area contributed by atoms with Gasteiger partial charge in [0, 0.05) is 18.7 Å². The Bertz CT molecular complexity index is 989. The van der Waals surface area contributed by atoms with Crippen LogP contribution in [0.25, 0.3) is 0 Å². The molecule has 0 radical (unpaired) electrons. The molecule has 4 rings (SSSR count). The van der Waals surface area contributed by atoms with Gasteiger partial charge in [0.15, 0.2) is 0 Å². The van der Waals surface area contributed by atoms with Crippen LogP contribution in [0.1, 0.15) is 45.9 Å². The van der Waals surface area contributed by atoms with Gasteiger partial charge in [-0.15, -0.1) is 0 Å². The number of hydrogen-bond donors (Lipinski definition) is 0. The largest absolute Gasteiger partial charge is 0.419 e. The van der Waals surface area contributed by atoms with Crippen molar-refractivity contribution in [2.24, 2.45) is 0 Å². The van der Waals surface area contributed by atoms with Crippen molar-refractivity contribution >= 4 is 11.8 Å². The lowest BCUT2D eigenvalue weighted by Gasteiger charge is -2.46. The van der Waals surface area contributed by atoms with E-state index in [0.717, 1.165) is 17.2 Å². The first kappa shape index (κ1) is 19.4. The quantitative estimate of drug-likeness (QED) is 0.672. The molecule has 0 aromatic heterocycles. The van der Waals surface area contributed by atoms with Crippen LogP contribution in [0.4, 0.5) is 17.6 Å². The summed E-state index contributed by atoms with van der Waals surface area (Å²) in [5, 5.41) is 0. The molecule has 2 amide bonds. The molecule has 2 aliphatic rings. The van der Waals surface area contributed by atoms with Crippen LogP contribution >= 0.6 is 0 Å². The minimum Gasteiger partial charge on any atom is -0.332 e. The number of hydrogen-bond acceptors (Lipinski definition) is 2.